The predicted octanol–water partition coefficient (Wildman–Crippen LogP) is 5.96. The largest absolute Gasteiger partial charge is 0.460 e. The van der Waals surface area contributed by atoms with E-state index in [4.69, 9.17) is 4.42 Å². The standard InChI is InChI=1S/C27H22IN3O5/c1-15-24(27(33)30-18-9-4-3-8-17(18)28)26(25-19(29-15)10-6-12-21(25)32)23-14-13-22(36-23)16-7-2-5-11-20(16)31(34)35/h2-5,7-9,11,13-14,26H,6,10,12H2,1H3,(H2-,29,30,32,33,34,35)/p+1. The van der Waals surface area contributed by atoms with Crippen molar-refractivity contribution in [2.24, 2.45) is 0 Å². The van der Waals surface area contributed by atoms with E-state index in [1.165, 1.54) is 6.07 Å². The number of amides is 1. The number of hydrogen-bond acceptors (Lipinski definition) is 5. The Balaban J connectivity index is 1.60. The number of halogens is 1. The summed E-state index contributed by atoms with van der Waals surface area (Å²) in [6.45, 7) is 1.82. The predicted molar refractivity (Wildman–Crippen MR) is 141 cm³/mol. The molecule has 5 rings (SSSR count). The van der Waals surface area contributed by atoms with Gasteiger partial charge < -0.3 is 15.1 Å². The Morgan fingerprint density at radius 2 is 1.86 bits per heavy atom. The van der Waals surface area contributed by atoms with E-state index in [0.29, 0.717) is 52.5 Å². The lowest BCUT2D eigenvalue weighted by molar-refractivity contribution is -0.729. The van der Waals surface area contributed by atoms with Crippen LogP contribution in [0.15, 0.2) is 87.6 Å². The molecule has 36 heavy (non-hydrogen) atoms. The number of rotatable bonds is 5. The molecule has 8 nitrogen and oxygen atoms in total. The number of nitrogens with one attached hydrogen (secondary N) is 2. The van der Waals surface area contributed by atoms with Gasteiger partial charge in [0.1, 0.15) is 11.5 Å². The minimum atomic E-state index is -0.714. The number of carbonyl (C=O) groups excluding carboxylic acids is 2. The van der Waals surface area contributed by atoms with Gasteiger partial charge in [0.05, 0.1) is 27.6 Å². The maximum atomic E-state index is 13.6. The number of nitrogens with zero attached hydrogens (tertiary/aromatic N) is 1. The number of anilines is 1. The van der Waals surface area contributed by atoms with E-state index in [1.807, 2.05) is 31.2 Å². The Kier molecular flexibility index (Phi) is 6.48. The van der Waals surface area contributed by atoms with Gasteiger partial charge in [0, 0.05) is 33.0 Å². The molecule has 0 radical (unpaired) electrons. The fraction of sp³-hybridized carbons (Fsp3) is 0.185. The van der Waals surface area contributed by atoms with Crippen molar-refractivity contribution >= 4 is 45.7 Å². The van der Waals surface area contributed by atoms with E-state index in [9.17, 15) is 19.7 Å². The number of benzene rings is 2. The van der Waals surface area contributed by atoms with Crippen molar-refractivity contribution in [3.05, 3.63) is 97.4 Å². The number of para-hydroxylation sites is 2. The highest BCUT2D eigenvalue weighted by molar-refractivity contribution is 14.1. The Bertz CT molecular complexity index is 1470. The summed E-state index contributed by atoms with van der Waals surface area (Å²) in [7, 11) is 0. The third-order valence-electron chi connectivity index (χ3n) is 6.43. The fourth-order valence-corrected chi connectivity index (χ4v) is 5.34. The highest BCUT2D eigenvalue weighted by Gasteiger charge is 2.40. The van der Waals surface area contributed by atoms with Gasteiger partial charge in [-0.15, -0.1) is 0 Å². The Morgan fingerprint density at radius 3 is 2.64 bits per heavy atom. The summed E-state index contributed by atoms with van der Waals surface area (Å²) in [5.74, 6) is -0.325. The summed E-state index contributed by atoms with van der Waals surface area (Å²) in [5, 5.41) is 15.8. The van der Waals surface area contributed by atoms with Crippen LogP contribution >= 0.6 is 22.6 Å². The number of ketones is 1. The molecule has 0 spiro atoms. The van der Waals surface area contributed by atoms with Crippen molar-refractivity contribution < 1.29 is 24.1 Å². The van der Waals surface area contributed by atoms with Crippen molar-refractivity contribution in [3.8, 4) is 11.3 Å². The highest BCUT2D eigenvalue weighted by Crippen LogP contribution is 2.44. The molecule has 1 amide bonds. The lowest BCUT2D eigenvalue weighted by Crippen LogP contribution is -2.35. The second-order valence-corrected chi connectivity index (χ2v) is 9.85. The number of hydrogen-bond donors (Lipinski definition) is 3. The highest BCUT2D eigenvalue weighted by atomic mass is 127. The molecular formula is C27H23IN3O5+. The van der Waals surface area contributed by atoms with Crippen molar-refractivity contribution in [3.63, 3.8) is 0 Å². The average Bonchev–Trinajstić information content (AvgIpc) is 3.34. The molecule has 9 heteroatoms. The first-order chi connectivity index (χ1) is 17.3. The molecule has 1 atom stereocenters. The summed E-state index contributed by atoms with van der Waals surface area (Å²) in [6, 6.07) is 17.3. The molecule has 3 aromatic rings. The van der Waals surface area contributed by atoms with Crippen LogP contribution < -0.4 is 10.6 Å². The number of carbonyl (C=O) groups is 2. The van der Waals surface area contributed by atoms with Crippen molar-refractivity contribution in [1.82, 2.24) is 5.32 Å². The molecule has 0 bridgehead atoms. The molecule has 2 heterocycles. The van der Waals surface area contributed by atoms with Crippen LogP contribution in [0.5, 0.6) is 0 Å². The summed E-state index contributed by atoms with van der Waals surface area (Å²) < 4.78 is 7.08. The van der Waals surface area contributed by atoms with Crippen molar-refractivity contribution in [1.29, 1.82) is 0 Å². The lowest BCUT2D eigenvalue weighted by Gasteiger charge is -2.33. The molecule has 0 saturated heterocycles. The molecule has 1 aliphatic carbocycles. The van der Waals surface area contributed by atoms with Crippen LogP contribution in [0.1, 0.15) is 37.9 Å². The Morgan fingerprint density at radius 1 is 1.11 bits per heavy atom. The number of dihydropyridines is 1. The molecule has 3 N–H and O–H groups in total. The molecule has 1 aromatic heterocycles. The minimum Gasteiger partial charge on any atom is -0.460 e. The first-order valence-corrected chi connectivity index (χ1v) is 12.6. The van der Waals surface area contributed by atoms with Gasteiger partial charge in [0.2, 0.25) is 0 Å². The van der Waals surface area contributed by atoms with Crippen LogP contribution in [-0.2, 0) is 9.59 Å². The normalized spacial score (nSPS) is 17.5. The lowest BCUT2D eigenvalue weighted by atomic mass is 9.77. The van der Waals surface area contributed by atoms with Crippen LogP contribution in [-0.4, -0.2) is 21.8 Å². The second-order valence-electron chi connectivity index (χ2n) is 8.69. The molecule has 2 aliphatic rings. The monoisotopic (exact) mass is 596 g/mol. The fourth-order valence-electron chi connectivity index (χ4n) is 4.82. The number of allylic oxidation sites excluding steroid dienone is 3. The SMILES string of the molecule is CC1=C(C(=O)Nc2ccccc2I)C(c2ccc(-c3ccccc3[N+](=O)O)o2)C2=C(CCCC2=O)N1. The van der Waals surface area contributed by atoms with E-state index >= 15 is 0 Å². The molecule has 1 aliphatic heterocycles. The molecule has 1 unspecified atom stereocenters. The van der Waals surface area contributed by atoms with Gasteiger partial charge >= 0.3 is 5.69 Å². The summed E-state index contributed by atoms with van der Waals surface area (Å²) in [4.78, 5) is 38.3. The Labute approximate surface area is 220 Å². The van der Waals surface area contributed by atoms with E-state index in [-0.39, 0.29) is 22.3 Å². The molecule has 2 aromatic carbocycles. The van der Waals surface area contributed by atoms with E-state index in [1.54, 1.807) is 30.3 Å². The zero-order chi connectivity index (χ0) is 25.4. The van der Waals surface area contributed by atoms with E-state index < -0.39 is 5.92 Å². The van der Waals surface area contributed by atoms with Crippen LogP contribution in [0.2, 0.25) is 0 Å². The Hall–Kier alpha value is -3.73. The molecule has 0 fully saturated rings. The zero-order valence-corrected chi connectivity index (χ0v) is 21.5. The van der Waals surface area contributed by atoms with Crippen LogP contribution in [0.4, 0.5) is 11.4 Å². The zero-order valence-electron chi connectivity index (χ0n) is 19.4. The van der Waals surface area contributed by atoms with E-state index in [2.05, 4.69) is 33.2 Å². The van der Waals surface area contributed by atoms with Gasteiger partial charge in [-0.1, -0.05) is 24.3 Å². The van der Waals surface area contributed by atoms with Gasteiger partial charge in [0.15, 0.2) is 5.78 Å². The van der Waals surface area contributed by atoms with Crippen molar-refractivity contribution in [2.45, 2.75) is 32.1 Å². The summed E-state index contributed by atoms with van der Waals surface area (Å²) in [5.41, 5.74) is 3.47. The first-order valence-electron chi connectivity index (χ1n) is 11.5. The smallest absolute Gasteiger partial charge is 0.327 e. The van der Waals surface area contributed by atoms with Gasteiger partial charge in [0.25, 0.3) is 10.8 Å². The van der Waals surface area contributed by atoms with Gasteiger partial charge in [-0.3, -0.25) is 9.59 Å². The second kappa shape index (κ2) is 9.73. The van der Waals surface area contributed by atoms with Crippen LogP contribution in [0, 0.1) is 8.48 Å². The number of Topliss-reactive ketones (excluding diaryl/α,β-unsaturated/α-hetero) is 1. The van der Waals surface area contributed by atoms with Gasteiger partial charge in [-0.05, 0) is 72.7 Å². The summed E-state index contributed by atoms with van der Waals surface area (Å²) in [6.07, 6.45) is 1.83. The average molecular weight is 596 g/mol. The maximum Gasteiger partial charge on any atom is 0.327 e. The molecule has 0 saturated carbocycles. The topological polar surface area (TPSA) is 112 Å². The van der Waals surface area contributed by atoms with E-state index in [0.717, 1.165) is 15.7 Å². The summed E-state index contributed by atoms with van der Waals surface area (Å²) >= 11 is 2.16. The number of furan rings is 1. The van der Waals surface area contributed by atoms with Crippen molar-refractivity contribution in [2.75, 3.05) is 5.32 Å². The minimum absolute atomic E-state index is 0.0275. The van der Waals surface area contributed by atoms with Crippen LogP contribution in [0.25, 0.3) is 11.3 Å². The first kappa shape index (κ1) is 24.0. The third kappa shape index (κ3) is 4.34. The van der Waals surface area contributed by atoms with Gasteiger partial charge in [-0.25, -0.2) is 5.21 Å². The van der Waals surface area contributed by atoms with Crippen LogP contribution in [0.3, 0.4) is 0 Å². The third-order valence-corrected chi connectivity index (χ3v) is 7.37. The maximum absolute atomic E-state index is 13.6. The molecular weight excluding hydrogens is 573 g/mol. The quantitative estimate of drug-likeness (QED) is 0.248. The molecule has 182 valence electrons. The van der Waals surface area contributed by atoms with Gasteiger partial charge in [-0.2, -0.15) is 0 Å².